The van der Waals surface area contributed by atoms with Gasteiger partial charge >= 0.3 is 0 Å². The summed E-state index contributed by atoms with van der Waals surface area (Å²) >= 11 is 0. The quantitative estimate of drug-likeness (QED) is 0.636. The van der Waals surface area contributed by atoms with E-state index in [1.54, 1.807) is 19.1 Å². The number of furan rings is 1. The van der Waals surface area contributed by atoms with Crippen molar-refractivity contribution >= 4 is 11.4 Å². The molecule has 0 radical (unpaired) electrons. The maximum Gasteiger partial charge on any atom is 0.272 e. The van der Waals surface area contributed by atoms with Crippen molar-refractivity contribution in [2.45, 2.75) is 26.3 Å². The Hall–Kier alpha value is -2.34. The molecule has 1 unspecified atom stereocenters. The molecular formula is C17H20N2O4. The lowest BCUT2D eigenvalue weighted by Gasteiger charge is -2.36. The first-order valence-corrected chi connectivity index (χ1v) is 7.78. The van der Waals surface area contributed by atoms with E-state index in [0.717, 1.165) is 30.2 Å². The molecule has 0 saturated carbocycles. The molecule has 2 heterocycles. The zero-order chi connectivity index (χ0) is 16.4. The summed E-state index contributed by atoms with van der Waals surface area (Å²) in [6, 6.07) is 9.20. The standard InChI is InChI=1S/C17H20N2O4/c1-3-14-5-7-17(23-14)16-11-22-9-8-18(16)13-4-6-15(19(20)21)12(2)10-13/h4-7,10,16H,3,8-9,11H2,1-2H3. The van der Waals surface area contributed by atoms with Crippen molar-refractivity contribution in [3.05, 3.63) is 57.5 Å². The van der Waals surface area contributed by atoms with Crippen molar-refractivity contribution in [3.8, 4) is 0 Å². The highest BCUT2D eigenvalue weighted by Crippen LogP contribution is 2.33. The van der Waals surface area contributed by atoms with Crippen LogP contribution in [0.2, 0.25) is 0 Å². The minimum atomic E-state index is -0.351. The fourth-order valence-electron chi connectivity index (χ4n) is 2.94. The van der Waals surface area contributed by atoms with E-state index in [0.29, 0.717) is 18.8 Å². The second-order valence-corrected chi connectivity index (χ2v) is 5.67. The van der Waals surface area contributed by atoms with Gasteiger partial charge in [0.1, 0.15) is 17.6 Å². The number of morpholine rings is 1. The minimum Gasteiger partial charge on any atom is -0.464 e. The van der Waals surface area contributed by atoms with E-state index in [1.165, 1.54) is 0 Å². The maximum atomic E-state index is 11.0. The molecule has 0 aliphatic carbocycles. The maximum absolute atomic E-state index is 11.0. The molecule has 1 atom stereocenters. The van der Waals surface area contributed by atoms with Crippen LogP contribution in [0.4, 0.5) is 11.4 Å². The van der Waals surface area contributed by atoms with Gasteiger partial charge in [-0.3, -0.25) is 10.1 Å². The Morgan fingerprint density at radius 3 is 2.83 bits per heavy atom. The predicted octanol–water partition coefficient (Wildman–Crippen LogP) is 3.64. The van der Waals surface area contributed by atoms with Gasteiger partial charge in [0.15, 0.2) is 0 Å². The van der Waals surface area contributed by atoms with Crippen molar-refractivity contribution < 1.29 is 14.1 Å². The molecule has 1 fully saturated rings. The van der Waals surface area contributed by atoms with Crippen LogP contribution in [0.5, 0.6) is 0 Å². The first-order chi connectivity index (χ1) is 11.1. The largest absolute Gasteiger partial charge is 0.464 e. The number of nitrogens with zero attached hydrogens (tertiary/aromatic N) is 2. The minimum absolute atomic E-state index is 0.00935. The van der Waals surface area contributed by atoms with Crippen molar-refractivity contribution in [2.75, 3.05) is 24.7 Å². The van der Waals surface area contributed by atoms with Crippen molar-refractivity contribution in [1.29, 1.82) is 0 Å². The van der Waals surface area contributed by atoms with Gasteiger partial charge in [-0.15, -0.1) is 0 Å². The SMILES string of the molecule is CCc1ccc(C2COCCN2c2ccc([N+](=O)[O-])c(C)c2)o1. The average molecular weight is 316 g/mol. The van der Waals surface area contributed by atoms with E-state index in [1.807, 2.05) is 18.2 Å². The summed E-state index contributed by atoms with van der Waals surface area (Å²) in [5.41, 5.74) is 1.76. The molecule has 23 heavy (non-hydrogen) atoms. The third kappa shape index (κ3) is 3.07. The third-order valence-corrected chi connectivity index (χ3v) is 4.20. The topological polar surface area (TPSA) is 68.8 Å². The van der Waals surface area contributed by atoms with Gasteiger partial charge in [-0.2, -0.15) is 0 Å². The van der Waals surface area contributed by atoms with Gasteiger partial charge < -0.3 is 14.1 Å². The molecule has 2 aromatic rings. The zero-order valence-electron chi connectivity index (χ0n) is 13.3. The number of nitro benzene ring substituents is 1. The highest BCUT2D eigenvalue weighted by Gasteiger charge is 2.28. The van der Waals surface area contributed by atoms with Crippen LogP contribution in [-0.2, 0) is 11.2 Å². The van der Waals surface area contributed by atoms with Gasteiger partial charge in [0.05, 0.1) is 18.1 Å². The van der Waals surface area contributed by atoms with E-state index >= 15 is 0 Å². The van der Waals surface area contributed by atoms with Crippen molar-refractivity contribution in [3.63, 3.8) is 0 Å². The fourth-order valence-corrected chi connectivity index (χ4v) is 2.94. The fraction of sp³-hybridized carbons (Fsp3) is 0.412. The first kappa shape index (κ1) is 15.6. The molecule has 0 bridgehead atoms. The molecule has 1 aromatic carbocycles. The smallest absolute Gasteiger partial charge is 0.272 e. The average Bonchev–Trinajstić information content (AvgIpc) is 3.03. The van der Waals surface area contributed by atoms with Gasteiger partial charge in [0.2, 0.25) is 0 Å². The molecular weight excluding hydrogens is 296 g/mol. The lowest BCUT2D eigenvalue weighted by atomic mass is 10.1. The number of aryl methyl sites for hydroxylation is 2. The van der Waals surface area contributed by atoms with Crippen LogP contribution < -0.4 is 4.90 Å². The molecule has 0 spiro atoms. The third-order valence-electron chi connectivity index (χ3n) is 4.20. The molecule has 0 N–H and O–H groups in total. The summed E-state index contributed by atoms with van der Waals surface area (Å²) in [5.74, 6) is 1.82. The zero-order valence-corrected chi connectivity index (χ0v) is 13.3. The Kier molecular flexibility index (Phi) is 4.34. The van der Waals surface area contributed by atoms with Gasteiger partial charge in [-0.05, 0) is 31.2 Å². The molecule has 1 aromatic heterocycles. The number of ether oxygens (including phenoxy) is 1. The normalized spacial score (nSPS) is 18.2. The van der Waals surface area contributed by atoms with Crippen LogP contribution in [0.25, 0.3) is 0 Å². The van der Waals surface area contributed by atoms with Crippen molar-refractivity contribution in [2.24, 2.45) is 0 Å². The highest BCUT2D eigenvalue weighted by molar-refractivity contribution is 5.56. The number of hydrogen-bond acceptors (Lipinski definition) is 5. The first-order valence-electron chi connectivity index (χ1n) is 7.78. The second kappa shape index (κ2) is 6.42. The van der Waals surface area contributed by atoms with Crippen LogP contribution in [0.15, 0.2) is 34.7 Å². The van der Waals surface area contributed by atoms with Crippen LogP contribution in [0.3, 0.4) is 0 Å². The molecule has 1 aliphatic rings. The van der Waals surface area contributed by atoms with E-state index in [2.05, 4.69) is 11.8 Å². The Morgan fingerprint density at radius 2 is 2.17 bits per heavy atom. The van der Waals surface area contributed by atoms with Gasteiger partial charge in [-0.1, -0.05) is 6.92 Å². The number of rotatable bonds is 4. The number of anilines is 1. The van der Waals surface area contributed by atoms with E-state index < -0.39 is 0 Å². The second-order valence-electron chi connectivity index (χ2n) is 5.67. The monoisotopic (exact) mass is 316 g/mol. The summed E-state index contributed by atoms with van der Waals surface area (Å²) in [6.07, 6.45) is 0.851. The van der Waals surface area contributed by atoms with E-state index in [4.69, 9.17) is 9.15 Å². The highest BCUT2D eigenvalue weighted by atomic mass is 16.6. The molecule has 1 saturated heterocycles. The summed E-state index contributed by atoms with van der Waals surface area (Å²) in [7, 11) is 0. The van der Waals surface area contributed by atoms with Gasteiger partial charge in [0.25, 0.3) is 5.69 Å². The number of hydrogen-bond donors (Lipinski definition) is 0. The van der Waals surface area contributed by atoms with Crippen molar-refractivity contribution in [1.82, 2.24) is 0 Å². The van der Waals surface area contributed by atoms with Gasteiger partial charge in [0, 0.05) is 30.3 Å². The Bertz CT molecular complexity index is 710. The van der Waals surface area contributed by atoms with E-state index in [-0.39, 0.29) is 16.7 Å². The Morgan fingerprint density at radius 1 is 1.35 bits per heavy atom. The molecule has 122 valence electrons. The van der Waals surface area contributed by atoms with Crippen LogP contribution in [0, 0.1) is 17.0 Å². The van der Waals surface area contributed by atoms with Crippen LogP contribution in [-0.4, -0.2) is 24.7 Å². The molecule has 6 heteroatoms. The lowest BCUT2D eigenvalue weighted by molar-refractivity contribution is -0.385. The Balaban J connectivity index is 1.92. The number of nitro groups is 1. The lowest BCUT2D eigenvalue weighted by Crippen LogP contribution is -2.39. The summed E-state index contributed by atoms with van der Waals surface area (Å²) in [5, 5.41) is 11.0. The van der Waals surface area contributed by atoms with E-state index in [9.17, 15) is 10.1 Å². The molecule has 3 rings (SSSR count). The number of benzene rings is 1. The molecule has 6 nitrogen and oxygen atoms in total. The molecule has 1 aliphatic heterocycles. The summed E-state index contributed by atoms with van der Waals surface area (Å²) in [6.45, 7) is 5.72. The van der Waals surface area contributed by atoms with Gasteiger partial charge in [-0.25, -0.2) is 0 Å². The predicted molar refractivity (Wildman–Crippen MR) is 86.8 cm³/mol. The summed E-state index contributed by atoms with van der Waals surface area (Å²) in [4.78, 5) is 12.8. The van der Waals surface area contributed by atoms with Crippen LogP contribution in [0.1, 0.15) is 30.0 Å². The Labute approximate surface area is 134 Å². The van der Waals surface area contributed by atoms with Crippen LogP contribution >= 0.6 is 0 Å². The molecule has 0 amide bonds. The summed E-state index contributed by atoms with van der Waals surface area (Å²) < 4.78 is 11.5.